The second-order valence-corrected chi connectivity index (χ2v) is 7.84. The molecule has 0 bridgehead atoms. The molecule has 1 N–H and O–H groups in total. The highest BCUT2D eigenvalue weighted by molar-refractivity contribution is 7.90. The molecule has 2 aromatic carbocycles. The molecule has 0 amide bonds. The van der Waals surface area contributed by atoms with E-state index in [2.05, 4.69) is 0 Å². The van der Waals surface area contributed by atoms with E-state index in [4.69, 9.17) is 0 Å². The van der Waals surface area contributed by atoms with Gasteiger partial charge in [0.05, 0.1) is 16.2 Å². The summed E-state index contributed by atoms with van der Waals surface area (Å²) >= 11 is 0. The van der Waals surface area contributed by atoms with Crippen LogP contribution in [0.4, 0.5) is 0 Å². The van der Waals surface area contributed by atoms with Crippen molar-refractivity contribution >= 4 is 15.8 Å². The van der Waals surface area contributed by atoms with Crippen LogP contribution in [0.2, 0.25) is 0 Å². The van der Waals surface area contributed by atoms with Gasteiger partial charge in [-0.25, -0.2) is 13.2 Å². The maximum absolute atomic E-state index is 11.9. The van der Waals surface area contributed by atoms with E-state index in [1.807, 2.05) is 30.3 Å². The summed E-state index contributed by atoms with van der Waals surface area (Å²) in [4.78, 5) is 11.9. The van der Waals surface area contributed by atoms with E-state index in [1.165, 1.54) is 6.07 Å². The molecule has 1 heterocycles. The molecule has 0 fully saturated rings. The normalized spacial score (nSPS) is 11.4. The van der Waals surface area contributed by atoms with Crippen LogP contribution in [0.15, 0.2) is 65.6 Å². The number of nitrogens with zero attached hydrogens (tertiary/aromatic N) is 1. The molecule has 0 saturated heterocycles. The molecule has 25 heavy (non-hydrogen) atoms. The molecule has 0 radical (unpaired) electrons. The molecule has 3 rings (SSSR count). The van der Waals surface area contributed by atoms with Gasteiger partial charge in [0.15, 0.2) is 9.84 Å². The molecule has 128 valence electrons. The number of benzene rings is 2. The highest BCUT2D eigenvalue weighted by atomic mass is 32.2. The molecule has 0 aliphatic heterocycles. The molecule has 0 aliphatic carbocycles. The summed E-state index contributed by atoms with van der Waals surface area (Å²) in [5, 5.41) is 9.59. The fraction of sp³-hybridized carbons (Fsp3) is 0.105. The third kappa shape index (κ3) is 3.21. The van der Waals surface area contributed by atoms with Gasteiger partial charge in [-0.05, 0) is 36.8 Å². The summed E-state index contributed by atoms with van der Waals surface area (Å²) in [6.45, 7) is 1.80. The third-order valence-electron chi connectivity index (χ3n) is 3.97. The van der Waals surface area contributed by atoms with Gasteiger partial charge in [-0.1, -0.05) is 36.4 Å². The van der Waals surface area contributed by atoms with Crippen molar-refractivity contribution in [2.75, 3.05) is 6.26 Å². The average Bonchev–Trinajstić information content (AvgIpc) is 2.92. The Morgan fingerprint density at radius 1 is 1.00 bits per heavy atom. The minimum atomic E-state index is -3.36. The molecule has 0 atom stereocenters. The lowest BCUT2D eigenvalue weighted by Gasteiger charge is -2.14. The number of sulfone groups is 1. The lowest BCUT2D eigenvalue weighted by atomic mass is 10.1. The highest BCUT2D eigenvalue weighted by Crippen LogP contribution is 2.31. The quantitative estimate of drug-likeness (QED) is 0.776. The zero-order chi connectivity index (χ0) is 18.2. The van der Waals surface area contributed by atoms with Gasteiger partial charge in [0.25, 0.3) is 0 Å². The van der Waals surface area contributed by atoms with E-state index in [-0.39, 0.29) is 10.5 Å². The summed E-state index contributed by atoms with van der Waals surface area (Å²) in [6, 6.07) is 17.3. The Labute approximate surface area is 146 Å². The van der Waals surface area contributed by atoms with Gasteiger partial charge >= 0.3 is 5.97 Å². The number of aryl methyl sites for hydroxylation is 1. The SMILES string of the molecule is Cc1cc(C(=O)O)c(-c2ccccc2)n1-c1cccc(S(C)(=O)=O)c1. The standard InChI is InChI=1S/C19H17NO4S/c1-13-11-17(19(21)22)18(14-7-4-3-5-8-14)20(13)15-9-6-10-16(12-15)25(2,23)24/h3-12H,1-2H3,(H,21,22). The third-order valence-corrected chi connectivity index (χ3v) is 5.08. The maximum Gasteiger partial charge on any atom is 0.337 e. The Bertz CT molecular complexity index is 1050. The smallest absolute Gasteiger partial charge is 0.337 e. The maximum atomic E-state index is 11.9. The largest absolute Gasteiger partial charge is 0.478 e. The summed E-state index contributed by atoms with van der Waals surface area (Å²) < 4.78 is 25.5. The first-order valence-electron chi connectivity index (χ1n) is 7.60. The molecule has 0 saturated carbocycles. The average molecular weight is 355 g/mol. The van der Waals surface area contributed by atoms with Crippen LogP contribution >= 0.6 is 0 Å². The van der Waals surface area contributed by atoms with E-state index in [0.29, 0.717) is 17.1 Å². The van der Waals surface area contributed by atoms with Crippen LogP contribution in [-0.2, 0) is 9.84 Å². The van der Waals surface area contributed by atoms with Crippen molar-refractivity contribution in [1.82, 2.24) is 4.57 Å². The van der Waals surface area contributed by atoms with Crippen molar-refractivity contribution < 1.29 is 18.3 Å². The lowest BCUT2D eigenvalue weighted by molar-refractivity contribution is 0.0698. The molecule has 5 nitrogen and oxygen atoms in total. The predicted octanol–water partition coefficient (Wildman–Crippen LogP) is 3.55. The van der Waals surface area contributed by atoms with Crippen LogP contribution < -0.4 is 0 Å². The molecular formula is C19H17NO4S. The second-order valence-electron chi connectivity index (χ2n) is 5.82. The molecule has 6 heteroatoms. The summed E-state index contributed by atoms with van der Waals surface area (Å²) in [7, 11) is -3.36. The minimum Gasteiger partial charge on any atom is -0.478 e. The Balaban J connectivity index is 2.33. The fourth-order valence-electron chi connectivity index (χ4n) is 2.87. The fourth-order valence-corrected chi connectivity index (χ4v) is 3.53. The monoisotopic (exact) mass is 355 g/mol. The van der Waals surface area contributed by atoms with Crippen molar-refractivity contribution in [3.05, 3.63) is 71.9 Å². The van der Waals surface area contributed by atoms with E-state index in [1.54, 1.807) is 35.8 Å². The van der Waals surface area contributed by atoms with Crippen molar-refractivity contribution in [1.29, 1.82) is 0 Å². The predicted molar refractivity (Wildman–Crippen MR) is 96.0 cm³/mol. The van der Waals surface area contributed by atoms with Crippen LogP contribution in [0.3, 0.4) is 0 Å². The molecule has 0 unspecified atom stereocenters. The van der Waals surface area contributed by atoms with Gasteiger partial charge < -0.3 is 9.67 Å². The van der Waals surface area contributed by atoms with Gasteiger partial charge in [0.1, 0.15) is 0 Å². The van der Waals surface area contributed by atoms with Gasteiger partial charge in [-0.3, -0.25) is 0 Å². The summed E-state index contributed by atoms with van der Waals surface area (Å²) in [5.41, 5.74) is 2.76. The molecular weight excluding hydrogens is 338 g/mol. The van der Waals surface area contributed by atoms with Gasteiger partial charge in [0.2, 0.25) is 0 Å². The molecule has 1 aromatic heterocycles. The first-order chi connectivity index (χ1) is 11.8. The van der Waals surface area contributed by atoms with Crippen LogP contribution in [0, 0.1) is 6.92 Å². The highest BCUT2D eigenvalue weighted by Gasteiger charge is 2.21. The Morgan fingerprint density at radius 3 is 2.28 bits per heavy atom. The van der Waals surface area contributed by atoms with E-state index in [9.17, 15) is 18.3 Å². The Morgan fingerprint density at radius 2 is 1.68 bits per heavy atom. The van der Waals surface area contributed by atoms with Gasteiger partial charge in [-0.15, -0.1) is 0 Å². The topological polar surface area (TPSA) is 76.4 Å². The number of carboxylic acid groups (broad SMARTS) is 1. The van der Waals surface area contributed by atoms with Crippen molar-refractivity contribution in [2.45, 2.75) is 11.8 Å². The summed E-state index contributed by atoms with van der Waals surface area (Å²) in [5.74, 6) is -1.03. The van der Waals surface area contributed by atoms with Gasteiger partial charge in [-0.2, -0.15) is 0 Å². The number of carbonyl (C=O) groups is 1. The zero-order valence-electron chi connectivity index (χ0n) is 13.8. The van der Waals surface area contributed by atoms with Crippen LogP contribution in [-0.4, -0.2) is 30.3 Å². The molecule has 3 aromatic rings. The number of rotatable bonds is 4. The minimum absolute atomic E-state index is 0.174. The second kappa shape index (κ2) is 6.22. The Kier molecular flexibility index (Phi) is 4.22. The number of aromatic carboxylic acids is 1. The lowest BCUT2D eigenvalue weighted by Crippen LogP contribution is -2.04. The number of carboxylic acids is 1. The zero-order valence-corrected chi connectivity index (χ0v) is 14.6. The summed E-state index contributed by atoms with van der Waals surface area (Å²) in [6.07, 6.45) is 1.15. The van der Waals surface area contributed by atoms with Crippen LogP contribution in [0.1, 0.15) is 16.1 Å². The number of aromatic nitrogens is 1. The van der Waals surface area contributed by atoms with Gasteiger partial charge in [0, 0.05) is 17.6 Å². The van der Waals surface area contributed by atoms with E-state index >= 15 is 0 Å². The van der Waals surface area contributed by atoms with Crippen molar-refractivity contribution in [3.63, 3.8) is 0 Å². The van der Waals surface area contributed by atoms with Crippen molar-refractivity contribution in [3.8, 4) is 16.9 Å². The first-order valence-corrected chi connectivity index (χ1v) is 9.50. The molecule has 0 spiro atoms. The van der Waals surface area contributed by atoms with Crippen LogP contribution in [0.25, 0.3) is 16.9 Å². The number of hydrogen-bond donors (Lipinski definition) is 1. The van der Waals surface area contributed by atoms with Crippen molar-refractivity contribution in [2.24, 2.45) is 0 Å². The number of hydrogen-bond acceptors (Lipinski definition) is 3. The Hall–Kier alpha value is -2.86. The van der Waals surface area contributed by atoms with Crippen LogP contribution in [0.5, 0.6) is 0 Å². The molecule has 0 aliphatic rings. The van der Waals surface area contributed by atoms with E-state index in [0.717, 1.165) is 11.8 Å². The first kappa shape index (κ1) is 17.0. The van der Waals surface area contributed by atoms with E-state index < -0.39 is 15.8 Å².